The summed E-state index contributed by atoms with van der Waals surface area (Å²) in [5.41, 5.74) is 1.17. The Morgan fingerprint density at radius 3 is 2.77 bits per heavy atom. The Kier molecular flexibility index (Phi) is 7.00. The van der Waals surface area contributed by atoms with Gasteiger partial charge in [0.15, 0.2) is 5.96 Å². The molecule has 1 aromatic rings. The summed E-state index contributed by atoms with van der Waals surface area (Å²) >= 11 is 0. The highest BCUT2D eigenvalue weighted by Crippen LogP contribution is 2.30. The molecule has 144 valence electrons. The lowest BCUT2D eigenvalue weighted by Gasteiger charge is -2.27. The van der Waals surface area contributed by atoms with Gasteiger partial charge in [-0.2, -0.15) is 0 Å². The van der Waals surface area contributed by atoms with Crippen LogP contribution in [0.5, 0.6) is 5.75 Å². The average molecular weight is 360 g/mol. The molecule has 1 aromatic carbocycles. The minimum Gasteiger partial charge on any atom is -0.495 e. The summed E-state index contributed by atoms with van der Waals surface area (Å²) in [7, 11) is 3.59. The van der Waals surface area contributed by atoms with Crippen molar-refractivity contribution in [3.8, 4) is 5.75 Å². The summed E-state index contributed by atoms with van der Waals surface area (Å²) in [5, 5.41) is 7.05. The molecule has 6 heteroatoms. The number of nitrogens with zero attached hydrogens (tertiary/aromatic N) is 3. The van der Waals surface area contributed by atoms with E-state index in [0.29, 0.717) is 6.04 Å². The van der Waals surface area contributed by atoms with Crippen LogP contribution in [0.25, 0.3) is 0 Å². The molecule has 2 aliphatic rings. The number of rotatable bonds is 6. The minimum atomic E-state index is 0.404. The SMILES string of the molecule is CN=C(NCCN1CCCCC1)NC1CCN(c2ccccc2OC)C1. The summed E-state index contributed by atoms with van der Waals surface area (Å²) in [6, 6.07) is 8.65. The summed E-state index contributed by atoms with van der Waals surface area (Å²) in [4.78, 5) is 9.33. The largest absolute Gasteiger partial charge is 0.495 e. The van der Waals surface area contributed by atoms with Crippen molar-refractivity contribution in [2.75, 3.05) is 58.3 Å². The molecule has 0 aliphatic carbocycles. The van der Waals surface area contributed by atoms with Gasteiger partial charge in [0.25, 0.3) is 0 Å². The zero-order valence-electron chi connectivity index (χ0n) is 16.2. The Hall–Kier alpha value is -1.95. The number of anilines is 1. The van der Waals surface area contributed by atoms with Crippen molar-refractivity contribution >= 4 is 11.6 Å². The molecule has 3 rings (SSSR count). The Balaban J connectivity index is 1.44. The van der Waals surface area contributed by atoms with Gasteiger partial charge in [-0.3, -0.25) is 4.99 Å². The van der Waals surface area contributed by atoms with Crippen molar-refractivity contribution < 1.29 is 4.74 Å². The van der Waals surface area contributed by atoms with E-state index in [1.54, 1.807) is 7.11 Å². The highest BCUT2D eigenvalue weighted by molar-refractivity contribution is 5.80. The van der Waals surface area contributed by atoms with Gasteiger partial charge in [0, 0.05) is 39.3 Å². The maximum absolute atomic E-state index is 5.50. The fraction of sp³-hybridized carbons (Fsp3) is 0.650. The third-order valence-electron chi connectivity index (χ3n) is 5.35. The molecule has 6 nitrogen and oxygen atoms in total. The molecule has 26 heavy (non-hydrogen) atoms. The second-order valence-corrected chi connectivity index (χ2v) is 7.15. The first-order valence-electron chi connectivity index (χ1n) is 9.87. The van der Waals surface area contributed by atoms with Gasteiger partial charge in [0.1, 0.15) is 5.75 Å². The number of nitrogens with one attached hydrogen (secondary N) is 2. The average Bonchev–Trinajstić information content (AvgIpc) is 3.16. The Labute approximate surface area is 157 Å². The maximum atomic E-state index is 5.50. The minimum absolute atomic E-state index is 0.404. The van der Waals surface area contributed by atoms with E-state index >= 15 is 0 Å². The van der Waals surface area contributed by atoms with Crippen molar-refractivity contribution in [3.63, 3.8) is 0 Å². The first kappa shape index (κ1) is 18.8. The Morgan fingerprint density at radius 1 is 1.19 bits per heavy atom. The van der Waals surface area contributed by atoms with Gasteiger partial charge >= 0.3 is 0 Å². The Bertz CT molecular complexity index is 585. The molecule has 2 saturated heterocycles. The normalized spacial score (nSPS) is 21.7. The first-order valence-corrected chi connectivity index (χ1v) is 9.87. The number of hydrogen-bond acceptors (Lipinski definition) is 4. The third kappa shape index (κ3) is 5.04. The van der Waals surface area contributed by atoms with Crippen molar-refractivity contribution in [2.45, 2.75) is 31.7 Å². The summed E-state index contributed by atoms with van der Waals surface area (Å²) in [6.07, 6.45) is 5.17. The van der Waals surface area contributed by atoms with Crippen LogP contribution < -0.4 is 20.3 Å². The van der Waals surface area contributed by atoms with E-state index in [9.17, 15) is 0 Å². The quantitative estimate of drug-likeness (QED) is 0.600. The fourth-order valence-corrected chi connectivity index (χ4v) is 3.89. The van der Waals surface area contributed by atoms with Crippen LogP contribution >= 0.6 is 0 Å². The van der Waals surface area contributed by atoms with Gasteiger partial charge in [-0.25, -0.2) is 0 Å². The molecule has 0 saturated carbocycles. The predicted molar refractivity (Wildman–Crippen MR) is 108 cm³/mol. The number of benzene rings is 1. The molecule has 1 atom stereocenters. The lowest BCUT2D eigenvalue weighted by atomic mass is 10.1. The number of methoxy groups -OCH3 is 1. The molecular weight excluding hydrogens is 326 g/mol. The summed E-state index contributed by atoms with van der Waals surface area (Å²) in [5.74, 6) is 1.85. The van der Waals surface area contributed by atoms with Gasteiger partial charge in [-0.15, -0.1) is 0 Å². The molecule has 2 N–H and O–H groups in total. The van der Waals surface area contributed by atoms with E-state index in [0.717, 1.165) is 44.3 Å². The molecule has 0 radical (unpaired) electrons. The number of ether oxygens (including phenoxy) is 1. The number of para-hydroxylation sites is 2. The van der Waals surface area contributed by atoms with Crippen molar-refractivity contribution in [2.24, 2.45) is 4.99 Å². The van der Waals surface area contributed by atoms with Crippen LogP contribution in [0.15, 0.2) is 29.3 Å². The number of hydrogen-bond donors (Lipinski definition) is 2. The lowest BCUT2D eigenvalue weighted by molar-refractivity contribution is 0.232. The number of guanidine groups is 1. The van der Waals surface area contributed by atoms with E-state index in [-0.39, 0.29) is 0 Å². The second-order valence-electron chi connectivity index (χ2n) is 7.15. The molecule has 0 aromatic heterocycles. The second kappa shape index (κ2) is 9.67. The van der Waals surface area contributed by atoms with Crippen LogP contribution in [0.4, 0.5) is 5.69 Å². The molecule has 0 spiro atoms. The highest BCUT2D eigenvalue weighted by Gasteiger charge is 2.25. The molecular formula is C20H33N5O. The van der Waals surface area contributed by atoms with Crippen molar-refractivity contribution in [3.05, 3.63) is 24.3 Å². The van der Waals surface area contributed by atoms with Gasteiger partial charge in [-0.1, -0.05) is 18.6 Å². The van der Waals surface area contributed by atoms with Gasteiger partial charge in [0.05, 0.1) is 12.8 Å². The molecule has 2 fully saturated rings. The van der Waals surface area contributed by atoms with Crippen LogP contribution in [-0.4, -0.2) is 70.3 Å². The molecule has 0 bridgehead atoms. The van der Waals surface area contributed by atoms with E-state index < -0.39 is 0 Å². The topological polar surface area (TPSA) is 52.1 Å². The Morgan fingerprint density at radius 2 is 2.00 bits per heavy atom. The van der Waals surface area contributed by atoms with E-state index in [1.165, 1.54) is 38.0 Å². The van der Waals surface area contributed by atoms with Gasteiger partial charge < -0.3 is 25.2 Å². The summed E-state index contributed by atoms with van der Waals surface area (Å²) < 4.78 is 5.50. The maximum Gasteiger partial charge on any atom is 0.191 e. The van der Waals surface area contributed by atoms with E-state index in [1.807, 2.05) is 19.2 Å². The monoisotopic (exact) mass is 359 g/mol. The zero-order chi connectivity index (χ0) is 18.2. The third-order valence-corrected chi connectivity index (χ3v) is 5.35. The van der Waals surface area contributed by atoms with Crippen LogP contribution in [-0.2, 0) is 0 Å². The molecule has 2 heterocycles. The van der Waals surface area contributed by atoms with Crippen LogP contribution in [0.3, 0.4) is 0 Å². The first-order chi connectivity index (χ1) is 12.8. The van der Waals surface area contributed by atoms with E-state index in [2.05, 4.69) is 37.6 Å². The number of aliphatic imine (C=N–C) groups is 1. The van der Waals surface area contributed by atoms with Gasteiger partial charge in [0.2, 0.25) is 0 Å². The highest BCUT2D eigenvalue weighted by atomic mass is 16.5. The van der Waals surface area contributed by atoms with Crippen LogP contribution in [0.2, 0.25) is 0 Å². The summed E-state index contributed by atoms with van der Waals surface area (Å²) in [6.45, 7) is 6.52. The fourth-order valence-electron chi connectivity index (χ4n) is 3.89. The van der Waals surface area contributed by atoms with Gasteiger partial charge in [-0.05, 0) is 44.5 Å². The predicted octanol–water partition coefficient (Wildman–Crippen LogP) is 1.92. The molecule has 2 aliphatic heterocycles. The molecule has 1 unspecified atom stereocenters. The lowest BCUT2D eigenvalue weighted by Crippen LogP contribution is -2.47. The molecule has 0 amide bonds. The number of likely N-dealkylation sites (tertiary alicyclic amines) is 1. The standard InChI is InChI=1S/C20H33N5O/c1-21-20(22-11-15-24-12-6-3-7-13-24)23-17-10-14-25(16-17)18-8-4-5-9-19(18)26-2/h4-5,8-9,17H,3,6-7,10-16H2,1-2H3,(H2,21,22,23). The number of piperidine rings is 1. The zero-order valence-corrected chi connectivity index (χ0v) is 16.2. The van der Waals surface area contributed by atoms with Crippen molar-refractivity contribution in [1.29, 1.82) is 0 Å². The van der Waals surface area contributed by atoms with Crippen molar-refractivity contribution in [1.82, 2.24) is 15.5 Å². The van der Waals surface area contributed by atoms with Crippen LogP contribution in [0, 0.1) is 0 Å². The van der Waals surface area contributed by atoms with Crippen LogP contribution in [0.1, 0.15) is 25.7 Å². The smallest absolute Gasteiger partial charge is 0.191 e. The van der Waals surface area contributed by atoms with E-state index in [4.69, 9.17) is 4.74 Å².